The molecule has 122 valence electrons. The molecule has 0 radical (unpaired) electrons. The number of carbonyl (C=O) groups excluding carboxylic acids is 1. The van der Waals surface area contributed by atoms with Gasteiger partial charge in [0, 0.05) is 6.54 Å². The predicted molar refractivity (Wildman–Crippen MR) is 75.1 cm³/mol. The Morgan fingerprint density at radius 1 is 1.41 bits per heavy atom. The summed E-state index contributed by atoms with van der Waals surface area (Å²) < 4.78 is 38.4. The van der Waals surface area contributed by atoms with Crippen molar-refractivity contribution in [3.05, 3.63) is 35.4 Å². The van der Waals surface area contributed by atoms with Crippen molar-refractivity contribution in [3.8, 4) is 0 Å². The number of aliphatic hydroxyl groups excluding tert-OH is 1. The van der Waals surface area contributed by atoms with Crippen LogP contribution in [0.5, 0.6) is 0 Å². The summed E-state index contributed by atoms with van der Waals surface area (Å²) in [5.74, 6) is 0.154. The Hall–Kier alpha value is -1.76. The first kappa shape index (κ1) is 16.6. The van der Waals surface area contributed by atoms with Crippen LogP contribution in [0.4, 0.5) is 18.0 Å². The maximum absolute atomic E-state index is 12.8. The van der Waals surface area contributed by atoms with Crippen LogP contribution in [0.1, 0.15) is 36.9 Å². The molecule has 1 aliphatic rings. The molecular weight excluding hydrogens is 297 g/mol. The molecule has 2 amide bonds. The zero-order valence-electron chi connectivity index (χ0n) is 12.2. The Morgan fingerprint density at radius 2 is 2.09 bits per heavy atom. The number of carbonyl (C=O) groups is 1. The van der Waals surface area contributed by atoms with Crippen molar-refractivity contribution in [3.63, 3.8) is 0 Å². The summed E-state index contributed by atoms with van der Waals surface area (Å²) in [6, 6.07) is 4.10. The zero-order chi connectivity index (χ0) is 16.3. The number of hydrogen-bond donors (Lipinski definition) is 3. The van der Waals surface area contributed by atoms with E-state index in [2.05, 4.69) is 10.6 Å². The van der Waals surface area contributed by atoms with Crippen molar-refractivity contribution in [1.29, 1.82) is 0 Å². The third-order valence-electron chi connectivity index (χ3n) is 3.51. The highest BCUT2D eigenvalue weighted by Gasteiger charge is 2.36. The summed E-state index contributed by atoms with van der Waals surface area (Å²) in [7, 11) is 0. The van der Waals surface area contributed by atoms with E-state index < -0.39 is 29.9 Å². The maximum Gasteiger partial charge on any atom is 0.416 e. The van der Waals surface area contributed by atoms with Gasteiger partial charge in [0.25, 0.3) is 0 Å². The molecule has 7 heteroatoms. The quantitative estimate of drug-likeness (QED) is 0.782. The molecule has 2 rings (SSSR count). The number of benzene rings is 1. The lowest BCUT2D eigenvalue weighted by atomic mass is 10.00. The minimum atomic E-state index is -4.40. The molecule has 1 aromatic carbocycles. The normalized spacial score (nSPS) is 17.7. The van der Waals surface area contributed by atoms with Crippen LogP contribution >= 0.6 is 0 Å². The number of aliphatic hydroxyl groups is 1. The Morgan fingerprint density at radius 3 is 2.64 bits per heavy atom. The molecule has 0 saturated heterocycles. The summed E-state index contributed by atoms with van der Waals surface area (Å²) >= 11 is 0. The van der Waals surface area contributed by atoms with E-state index in [4.69, 9.17) is 5.11 Å². The number of alkyl halides is 3. The largest absolute Gasteiger partial charge is 0.416 e. The summed E-state index contributed by atoms with van der Waals surface area (Å²) in [6.07, 6.45) is -3.34. The molecule has 0 aromatic heterocycles. The van der Waals surface area contributed by atoms with Gasteiger partial charge in [0.1, 0.15) is 0 Å². The van der Waals surface area contributed by atoms with E-state index >= 15 is 0 Å². The van der Waals surface area contributed by atoms with Crippen molar-refractivity contribution < 1.29 is 23.1 Å². The van der Waals surface area contributed by atoms with E-state index in [0.29, 0.717) is 5.56 Å². The standard InChI is InChI=1S/C15H19F3N2O2/c1-9(21)8-19-14(22)20-13(10-5-6-10)11-3-2-4-12(7-11)15(16,17)18/h2-4,7,9-10,13,21H,5-6,8H2,1H3,(H2,19,20,22)/t9-,13-/m1/s1. The number of urea groups is 1. The van der Waals surface area contributed by atoms with Gasteiger partial charge in [0.2, 0.25) is 0 Å². The van der Waals surface area contributed by atoms with Gasteiger partial charge in [-0.3, -0.25) is 0 Å². The van der Waals surface area contributed by atoms with Crippen LogP contribution in [0, 0.1) is 5.92 Å². The number of amides is 2. The van der Waals surface area contributed by atoms with E-state index in [1.165, 1.54) is 13.0 Å². The second-order valence-electron chi connectivity index (χ2n) is 5.64. The molecule has 0 spiro atoms. The van der Waals surface area contributed by atoms with Crippen LogP contribution in [0.25, 0.3) is 0 Å². The molecule has 0 bridgehead atoms. The summed E-state index contributed by atoms with van der Waals surface area (Å²) in [6.45, 7) is 1.62. The Kier molecular flexibility index (Phi) is 4.95. The molecule has 1 aromatic rings. The predicted octanol–water partition coefficient (Wildman–Crippen LogP) is 2.84. The fourth-order valence-electron chi connectivity index (χ4n) is 2.24. The van der Waals surface area contributed by atoms with E-state index in [1.54, 1.807) is 6.07 Å². The first-order valence-corrected chi connectivity index (χ1v) is 7.17. The highest BCUT2D eigenvalue weighted by molar-refractivity contribution is 5.74. The van der Waals surface area contributed by atoms with Crippen LogP contribution in [-0.2, 0) is 6.18 Å². The Labute approximate surface area is 126 Å². The van der Waals surface area contributed by atoms with Gasteiger partial charge in [-0.25, -0.2) is 4.79 Å². The molecule has 2 atom stereocenters. The Balaban J connectivity index is 2.10. The second-order valence-corrected chi connectivity index (χ2v) is 5.64. The number of hydrogen-bond acceptors (Lipinski definition) is 2. The average molecular weight is 316 g/mol. The molecule has 22 heavy (non-hydrogen) atoms. The topological polar surface area (TPSA) is 61.4 Å². The smallest absolute Gasteiger partial charge is 0.392 e. The van der Waals surface area contributed by atoms with Crippen LogP contribution < -0.4 is 10.6 Å². The molecule has 1 fully saturated rings. The van der Waals surface area contributed by atoms with Gasteiger partial charge in [-0.1, -0.05) is 12.1 Å². The fraction of sp³-hybridized carbons (Fsp3) is 0.533. The molecule has 4 nitrogen and oxygen atoms in total. The third-order valence-corrected chi connectivity index (χ3v) is 3.51. The number of nitrogens with one attached hydrogen (secondary N) is 2. The van der Waals surface area contributed by atoms with Gasteiger partial charge in [-0.15, -0.1) is 0 Å². The summed E-state index contributed by atoms with van der Waals surface area (Å²) in [4.78, 5) is 11.8. The van der Waals surface area contributed by atoms with Crippen molar-refractivity contribution in [2.45, 2.75) is 38.1 Å². The molecular formula is C15H19F3N2O2. The lowest BCUT2D eigenvalue weighted by Gasteiger charge is -2.20. The number of rotatable bonds is 5. The maximum atomic E-state index is 12.8. The molecule has 1 saturated carbocycles. The molecule has 3 N–H and O–H groups in total. The van der Waals surface area contributed by atoms with Gasteiger partial charge >= 0.3 is 12.2 Å². The minimum absolute atomic E-state index is 0.0891. The monoisotopic (exact) mass is 316 g/mol. The highest BCUT2D eigenvalue weighted by Crippen LogP contribution is 2.42. The lowest BCUT2D eigenvalue weighted by molar-refractivity contribution is -0.137. The summed E-state index contributed by atoms with van der Waals surface area (Å²) in [5, 5.41) is 14.3. The minimum Gasteiger partial charge on any atom is -0.392 e. The van der Waals surface area contributed by atoms with Crippen LogP contribution in [0.15, 0.2) is 24.3 Å². The van der Waals surface area contributed by atoms with Gasteiger partial charge in [0.15, 0.2) is 0 Å². The first-order chi connectivity index (χ1) is 10.3. The van der Waals surface area contributed by atoms with E-state index in [9.17, 15) is 18.0 Å². The lowest BCUT2D eigenvalue weighted by Crippen LogP contribution is -2.41. The van der Waals surface area contributed by atoms with E-state index in [0.717, 1.165) is 25.0 Å². The van der Waals surface area contributed by atoms with Gasteiger partial charge in [-0.05, 0) is 43.4 Å². The van der Waals surface area contributed by atoms with Gasteiger partial charge < -0.3 is 15.7 Å². The third kappa shape index (κ3) is 4.62. The van der Waals surface area contributed by atoms with Crippen LogP contribution in [-0.4, -0.2) is 23.8 Å². The SMILES string of the molecule is C[C@@H](O)CNC(=O)N[C@@H](c1cccc(C(F)(F)F)c1)C1CC1. The van der Waals surface area contributed by atoms with Crippen molar-refractivity contribution in [2.24, 2.45) is 5.92 Å². The first-order valence-electron chi connectivity index (χ1n) is 7.17. The second kappa shape index (κ2) is 6.56. The van der Waals surface area contributed by atoms with Crippen molar-refractivity contribution in [2.75, 3.05) is 6.54 Å². The van der Waals surface area contributed by atoms with Crippen molar-refractivity contribution in [1.82, 2.24) is 10.6 Å². The van der Waals surface area contributed by atoms with Crippen LogP contribution in [0.3, 0.4) is 0 Å². The highest BCUT2D eigenvalue weighted by atomic mass is 19.4. The molecule has 0 heterocycles. The van der Waals surface area contributed by atoms with E-state index in [-0.39, 0.29) is 12.5 Å². The van der Waals surface area contributed by atoms with Crippen LogP contribution in [0.2, 0.25) is 0 Å². The molecule has 1 aliphatic carbocycles. The summed E-state index contributed by atoms with van der Waals surface area (Å²) in [5.41, 5.74) is -0.272. The Bertz CT molecular complexity index is 528. The fourth-order valence-corrected chi connectivity index (χ4v) is 2.24. The average Bonchev–Trinajstić information content (AvgIpc) is 3.26. The van der Waals surface area contributed by atoms with E-state index in [1.807, 2.05) is 0 Å². The van der Waals surface area contributed by atoms with Gasteiger partial charge in [-0.2, -0.15) is 13.2 Å². The molecule has 0 aliphatic heterocycles. The van der Waals surface area contributed by atoms with Gasteiger partial charge in [0.05, 0.1) is 17.7 Å². The number of halogens is 3. The molecule has 0 unspecified atom stereocenters. The zero-order valence-corrected chi connectivity index (χ0v) is 12.2. The van der Waals surface area contributed by atoms with Crippen molar-refractivity contribution >= 4 is 6.03 Å².